The van der Waals surface area contributed by atoms with E-state index in [1.165, 1.54) is 18.4 Å². The lowest BCUT2D eigenvalue weighted by atomic mass is 10.0. The summed E-state index contributed by atoms with van der Waals surface area (Å²) in [7, 11) is 1.85. The summed E-state index contributed by atoms with van der Waals surface area (Å²) in [6.45, 7) is 7.46. The Kier molecular flexibility index (Phi) is 4.85. The van der Waals surface area contributed by atoms with E-state index in [9.17, 15) is 4.79 Å². The highest BCUT2D eigenvalue weighted by molar-refractivity contribution is 5.92. The predicted octanol–water partition coefficient (Wildman–Crippen LogP) is 2.27. The molecule has 4 heterocycles. The smallest absolute Gasteiger partial charge is 0.272 e. The fourth-order valence-corrected chi connectivity index (χ4v) is 4.16. The van der Waals surface area contributed by atoms with Crippen LogP contribution in [0.4, 0.5) is 5.82 Å². The molecule has 0 spiro atoms. The summed E-state index contributed by atoms with van der Waals surface area (Å²) < 4.78 is 1.71. The van der Waals surface area contributed by atoms with Crippen molar-refractivity contribution >= 4 is 11.7 Å². The van der Waals surface area contributed by atoms with Crippen molar-refractivity contribution in [1.82, 2.24) is 24.6 Å². The Balaban J connectivity index is 1.59. The molecule has 0 atom stereocenters. The Bertz CT molecular complexity index is 852. The normalized spacial score (nSPS) is 16.7. The topological polar surface area (TPSA) is 67.2 Å². The zero-order chi connectivity index (χ0) is 19.0. The van der Waals surface area contributed by atoms with E-state index in [-0.39, 0.29) is 5.91 Å². The SMILES string of the molecule is CCCc1cc(C(=O)N2CCc3c(nc(C)nc3N3CCCC3)C2)n(C)n1. The number of hydrogen-bond donors (Lipinski definition) is 0. The second kappa shape index (κ2) is 7.29. The number of nitrogens with zero attached hydrogens (tertiary/aromatic N) is 6. The van der Waals surface area contributed by atoms with Gasteiger partial charge in [0.05, 0.1) is 17.9 Å². The van der Waals surface area contributed by atoms with Gasteiger partial charge in [-0.2, -0.15) is 5.10 Å². The van der Waals surface area contributed by atoms with Crippen molar-refractivity contribution in [3.8, 4) is 0 Å². The summed E-state index contributed by atoms with van der Waals surface area (Å²) in [5.74, 6) is 1.92. The molecule has 1 saturated heterocycles. The first-order valence-corrected chi connectivity index (χ1v) is 10.0. The third-order valence-corrected chi connectivity index (χ3v) is 5.50. The maximum atomic E-state index is 13.1. The monoisotopic (exact) mass is 368 g/mol. The largest absolute Gasteiger partial charge is 0.356 e. The molecule has 0 N–H and O–H groups in total. The lowest BCUT2D eigenvalue weighted by Crippen LogP contribution is -2.38. The van der Waals surface area contributed by atoms with Crippen molar-refractivity contribution < 1.29 is 4.79 Å². The van der Waals surface area contributed by atoms with E-state index in [1.807, 2.05) is 24.9 Å². The molecule has 7 nitrogen and oxygen atoms in total. The first kappa shape index (κ1) is 17.9. The number of hydrogen-bond acceptors (Lipinski definition) is 5. The lowest BCUT2D eigenvalue weighted by Gasteiger charge is -2.31. The van der Waals surface area contributed by atoms with Gasteiger partial charge in [-0.3, -0.25) is 9.48 Å². The van der Waals surface area contributed by atoms with Crippen LogP contribution in [-0.4, -0.2) is 50.2 Å². The van der Waals surface area contributed by atoms with E-state index < -0.39 is 0 Å². The van der Waals surface area contributed by atoms with Gasteiger partial charge in [0.25, 0.3) is 5.91 Å². The molecule has 1 amide bonds. The highest BCUT2D eigenvalue weighted by atomic mass is 16.2. The highest BCUT2D eigenvalue weighted by Crippen LogP contribution is 2.29. The quantitative estimate of drug-likeness (QED) is 0.828. The number of rotatable bonds is 4. The van der Waals surface area contributed by atoms with E-state index in [0.717, 1.165) is 55.4 Å². The van der Waals surface area contributed by atoms with E-state index in [0.29, 0.717) is 18.8 Å². The summed E-state index contributed by atoms with van der Waals surface area (Å²) >= 11 is 0. The molecule has 0 radical (unpaired) electrons. The number of aryl methyl sites for hydroxylation is 3. The van der Waals surface area contributed by atoms with E-state index in [2.05, 4.69) is 21.9 Å². The van der Waals surface area contributed by atoms with Crippen molar-refractivity contribution in [2.75, 3.05) is 24.5 Å². The van der Waals surface area contributed by atoms with Crippen LogP contribution in [-0.2, 0) is 26.4 Å². The molecule has 144 valence electrons. The fraction of sp³-hybridized carbons (Fsp3) is 0.600. The summed E-state index contributed by atoms with van der Waals surface area (Å²) in [5, 5.41) is 4.48. The van der Waals surface area contributed by atoms with Crippen molar-refractivity contribution in [2.45, 2.75) is 52.5 Å². The Hall–Kier alpha value is -2.44. The fourth-order valence-electron chi connectivity index (χ4n) is 4.16. The van der Waals surface area contributed by atoms with Crippen molar-refractivity contribution in [1.29, 1.82) is 0 Å². The lowest BCUT2D eigenvalue weighted by molar-refractivity contribution is 0.0720. The van der Waals surface area contributed by atoms with Crippen molar-refractivity contribution in [2.24, 2.45) is 7.05 Å². The van der Waals surface area contributed by atoms with Crippen LogP contribution in [0.1, 0.15) is 59.5 Å². The van der Waals surface area contributed by atoms with E-state index >= 15 is 0 Å². The summed E-state index contributed by atoms with van der Waals surface area (Å²) in [5.41, 5.74) is 3.87. The average molecular weight is 368 g/mol. The van der Waals surface area contributed by atoms with Gasteiger partial charge in [-0.05, 0) is 38.7 Å². The maximum Gasteiger partial charge on any atom is 0.272 e. The molecule has 7 heteroatoms. The third kappa shape index (κ3) is 3.42. The number of aromatic nitrogens is 4. The summed E-state index contributed by atoms with van der Waals surface area (Å²) in [6, 6.07) is 1.93. The molecule has 2 aliphatic rings. The Labute approximate surface area is 160 Å². The van der Waals surface area contributed by atoms with Crippen LogP contribution in [0.3, 0.4) is 0 Å². The van der Waals surface area contributed by atoms with Crippen LogP contribution < -0.4 is 4.90 Å². The molecule has 2 aromatic heterocycles. The molecule has 0 unspecified atom stereocenters. The standard InChI is InChI=1S/C20H28N6O/c1-4-7-15-12-18(24(3)23-15)20(27)26-11-8-16-17(13-26)21-14(2)22-19(16)25-9-5-6-10-25/h12H,4-11,13H2,1-3H3. The molecule has 2 aromatic rings. The molecule has 27 heavy (non-hydrogen) atoms. The number of amides is 1. The van der Waals surface area contributed by atoms with E-state index in [1.54, 1.807) is 4.68 Å². The third-order valence-electron chi connectivity index (χ3n) is 5.50. The minimum Gasteiger partial charge on any atom is -0.356 e. The van der Waals surface area contributed by atoms with E-state index in [4.69, 9.17) is 4.98 Å². The van der Waals surface area contributed by atoms with Gasteiger partial charge in [-0.25, -0.2) is 9.97 Å². The average Bonchev–Trinajstić information content (AvgIpc) is 3.30. The molecule has 0 aliphatic carbocycles. The van der Waals surface area contributed by atoms with Crippen LogP contribution in [0, 0.1) is 6.92 Å². The second-order valence-electron chi connectivity index (χ2n) is 7.59. The molecule has 0 bridgehead atoms. The Morgan fingerprint density at radius 1 is 1.19 bits per heavy atom. The Morgan fingerprint density at radius 2 is 1.96 bits per heavy atom. The minimum absolute atomic E-state index is 0.0389. The maximum absolute atomic E-state index is 13.1. The van der Waals surface area contributed by atoms with Crippen LogP contribution in [0.25, 0.3) is 0 Å². The zero-order valence-electron chi connectivity index (χ0n) is 16.5. The molecular formula is C20H28N6O. The van der Waals surface area contributed by atoms with Gasteiger partial charge in [0.1, 0.15) is 17.3 Å². The number of carbonyl (C=O) groups is 1. The predicted molar refractivity (Wildman–Crippen MR) is 104 cm³/mol. The van der Waals surface area contributed by atoms with Crippen LogP contribution in [0.2, 0.25) is 0 Å². The number of fused-ring (bicyclic) bond motifs is 1. The van der Waals surface area contributed by atoms with Gasteiger partial charge < -0.3 is 9.80 Å². The van der Waals surface area contributed by atoms with Crippen molar-refractivity contribution in [3.63, 3.8) is 0 Å². The van der Waals surface area contributed by atoms with Gasteiger partial charge in [0.2, 0.25) is 0 Å². The molecule has 0 aromatic carbocycles. The Morgan fingerprint density at radius 3 is 2.70 bits per heavy atom. The molecular weight excluding hydrogens is 340 g/mol. The number of carbonyl (C=O) groups excluding carboxylic acids is 1. The van der Waals surface area contributed by atoms with Gasteiger partial charge >= 0.3 is 0 Å². The number of anilines is 1. The van der Waals surface area contributed by atoms with Crippen LogP contribution in [0.15, 0.2) is 6.07 Å². The summed E-state index contributed by atoms with van der Waals surface area (Å²) in [6.07, 6.45) is 5.19. The van der Waals surface area contributed by atoms with Crippen LogP contribution in [0.5, 0.6) is 0 Å². The molecule has 0 saturated carbocycles. The first-order chi connectivity index (χ1) is 13.1. The first-order valence-electron chi connectivity index (χ1n) is 10.0. The van der Waals surface area contributed by atoms with Gasteiger partial charge in [-0.15, -0.1) is 0 Å². The van der Waals surface area contributed by atoms with Gasteiger partial charge in [0, 0.05) is 32.2 Å². The molecule has 4 rings (SSSR count). The minimum atomic E-state index is 0.0389. The van der Waals surface area contributed by atoms with Crippen molar-refractivity contribution in [3.05, 3.63) is 34.5 Å². The van der Waals surface area contributed by atoms with Gasteiger partial charge in [0.15, 0.2) is 0 Å². The van der Waals surface area contributed by atoms with Gasteiger partial charge in [-0.1, -0.05) is 13.3 Å². The molecule has 1 fully saturated rings. The zero-order valence-corrected chi connectivity index (χ0v) is 16.5. The summed E-state index contributed by atoms with van der Waals surface area (Å²) in [4.78, 5) is 26.8. The van der Waals surface area contributed by atoms with Crippen LogP contribution >= 0.6 is 0 Å². The second-order valence-corrected chi connectivity index (χ2v) is 7.59. The molecule has 2 aliphatic heterocycles. The highest BCUT2D eigenvalue weighted by Gasteiger charge is 2.29.